The molecule has 8 aromatic rings. The summed E-state index contributed by atoms with van der Waals surface area (Å²) >= 11 is 0. The maximum absolute atomic E-state index is 6.36. The molecular formula is C37H22BN5OPt. The molecule has 1 aliphatic heterocycles. The topological polar surface area (TPSA) is 57.8 Å². The molecule has 0 unspecified atom stereocenters. The van der Waals surface area contributed by atoms with E-state index in [1.54, 1.807) is 6.20 Å². The molecule has 0 bridgehead atoms. The van der Waals surface area contributed by atoms with Gasteiger partial charge in [0.15, 0.2) is 0 Å². The largest absolute Gasteiger partial charge is 2.00 e. The predicted octanol–water partition coefficient (Wildman–Crippen LogP) is 5.65. The summed E-state index contributed by atoms with van der Waals surface area (Å²) in [6, 6.07) is 45.7. The maximum atomic E-state index is 6.36. The van der Waals surface area contributed by atoms with Gasteiger partial charge in [0.1, 0.15) is 5.82 Å². The van der Waals surface area contributed by atoms with E-state index >= 15 is 0 Å². The summed E-state index contributed by atoms with van der Waals surface area (Å²) in [4.78, 5) is 9.35. The van der Waals surface area contributed by atoms with Gasteiger partial charge in [0.25, 0.3) is 6.71 Å². The van der Waals surface area contributed by atoms with Crippen LogP contribution in [0.15, 0.2) is 134 Å². The Morgan fingerprint density at radius 1 is 0.667 bits per heavy atom. The van der Waals surface area contributed by atoms with Gasteiger partial charge in [-0.2, -0.15) is 17.2 Å². The number of rotatable bonds is 5. The van der Waals surface area contributed by atoms with E-state index in [1.807, 2.05) is 77.7 Å². The molecule has 0 amide bonds. The number of pyridine rings is 2. The molecule has 0 radical (unpaired) electrons. The van der Waals surface area contributed by atoms with Crippen molar-refractivity contribution >= 4 is 45.0 Å². The Labute approximate surface area is 274 Å². The van der Waals surface area contributed by atoms with E-state index in [1.165, 1.54) is 10.9 Å². The normalized spacial score (nSPS) is 11.8. The summed E-state index contributed by atoms with van der Waals surface area (Å²) in [5, 5.41) is 7.29. The molecule has 0 spiro atoms. The third-order valence-corrected chi connectivity index (χ3v) is 8.21. The van der Waals surface area contributed by atoms with E-state index in [4.69, 9.17) is 14.8 Å². The molecule has 0 N–H and O–H groups in total. The van der Waals surface area contributed by atoms with Gasteiger partial charge in [-0.3, -0.25) is 9.67 Å². The minimum absolute atomic E-state index is 0. The fourth-order valence-corrected chi connectivity index (χ4v) is 6.32. The number of hydrogen-bond donors (Lipinski definition) is 0. The summed E-state index contributed by atoms with van der Waals surface area (Å²) in [6.45, 7) is 0.0303. The molecular weight excluding hydrogens is 736 g/mol. The van der Waals surface area contributed by atoms with E-state index in [2.05, 4.69) is 76.3 Å². The standard InChI is InChI=1S/C37H22BN5O.Pt/c1-2-10-25(11-3-1)38-32-15-9-21-40-36(32)31-24-42(41-37(31)38)26-12-8-13-27(22-26)44-28-18-19-30-29-14-4-5-16-33(29)43(34(30)23-28)35-17-6-7-20-39-35;/h1-21,24H;/q-2;+2. The zero-order valence-corrected chi connectivity index (χ0v) is 26.0. The first-order valence-corrected chi connectivity index (χ1v) is 14.5. The third kappa shape index (κ3) is 4.51. The van der Waals surface area contributed by atoms with Crippen LogP contribution in [0.3, 0.4) is 0 Å². The van der Waals surface area contributed by atoms with Gasteiger partial charge in [-0.25, -0.2) is 4.98 Å². The number of benzene rings is 4. The molecule has 4 aromatic heterocycles. The van der Waals surface area contributed by atoms with Gasteiger partial charge < -0.3 is 9.30 Å². The van der Waals surface area contributed by atoms with E-state index in [0.29, 0.717) is 11.5 Å². The first-order valence-electron chi connectivity index (χ1n) is 14.5. The van der Waals surface area contributed by atoms with Crippen LogP contribution in [0.5, 0.6) is 11.5 Å². The molecule has 9 rings (SSSR count). The Bertz CT molecular complexity index is 2340. The quantitative estimate of drug-likeness (QED) is 0.169. The minimum atomic E-state index is 0. The summed E-state index contributed by atoms with van der Waals surface area (Å²) in [5.41, 5.74) is 8.13. The van der Waals surface area contributed by atoms with Crippen molar-refractivity contribution in [3.8, 4) is 34.3 Å². The molecule has 6 nitrogen and oxygen atoms in total. The molecule has 5 heterocycles. The molecule has 0 fully saturated rings. The van der Waals surface area contributed by atoms with Crippen LogP contribution in [0.1, 0.15) is 0 Å². The van der Waals surface area contributed by atoms with Gasteiger partial charge in [0.2, 0.25) is 0 Å². The van der Waals surface area contributed by atoms with Crippen LogP contribution >= 0.6 is 0 Å². The Kier molecular flexibility index (Phi) is 6.69. The van der Waals surface area contributed by atoms with E-state index in [0.717, 1.165) is 50.2 Å². The van der Waals surface area contributed by atoms with Crippen LogP contribution in [0.25, 0.3) is 44.6 Å². The van der Waals surface area contributed by atoms with Crippen LogP contribution < -0.4 is 21.3 Å². The molecule has 0 saturated heterocycles. The predicted molar refractivity (Wildman–Crippen MR) is 174 cm³/mol. The number of para-hydroxylation sites is 1. The Hall–Kier alpha value is -5.26. The van der Waals surface area contributed by atoms with Crippen molar-refractivity contribution in [1.29, 1.82) is 0 Å². The molecule has 4 aromatic carbocycles. The molecule has 214 valence electrons. The number of aromatic nitrogens is 5. The summed E-state index contributed by atoms with van der Waals surface area (Å²) in [7, 11) is 0. The van der Waals surface area contributed by atoms with Crippen LogP contribution in [0.4, 0.5) is 0 Å². The van der Waals surface area contributed by atoms with Crippen LogP contribution in [0, 0.1) is 12.1 Å². The van der Waals surface area contributed by atoms with Gasteiger partial charge in [-0.15, -0.1) is 35.7 Å². The summed E-state index contributed by atoms with van der Waals surface area (Å²) in [5.74, 6) is 2.00. The maximum Gasteiger partial charge on any atom is 2.00 e. The second-order valence-corrected chi connectivity index (χ2v) is 10.8. The average molecular weight is 759 g/mol. The number of fused-ring (bicyclic) bond motifs is 6. The molecule has 0 atom stereocenters. The zero-order chi connectivity index (χ0) is 29.0. The monoisotopic (exact) mass is 758 g/mol. The smallest absolute Gasteiger partial charge is 0.509 e. The van der Waals surface area contributed by atoms with E-state index in [-0.39, 0.29) is 27.8 Å². The van der Waals surface area contributed by atoms with E-state index in [9.17, 15) is 0 Å². The van der Waals surface area contributed by atoms with Gasteiger partial charge in [-0.1, -0.05) is 71.6 Å². The fraction of sp³-hybridized carbons (Fsp3) is 0. The zero-order valence-electron chi connectivity index (χ0n) is 23.7. The second kappa shape index (κ2) is 11.0. The minimum Gasteiger partial charge on any atom is -0.509 e. The van der Waals surface area contributed by atoms with Gasteiger partial charge >= 0.3 is 21.1 Å². The first kappa shape index (κ1) is 27.3. The van der Waals surface area contributed by atoms with Crippen molar-refractivity contribution in [2.75, 3.05) is 0 Å². The molecule has 45 heavy (non-hydrogen) atoms. The van der Waals surface area contributed by atoms with Crippen LogP contribution in [-0.2, 0) is 21.1 Å². The van der Waals surface area contributed by atoms with Crippen molar-refractivity contribution in [3.05, 3.63) is 146 Å². The SMILES string of the molecule is [Pt+2].[c-]1c(Oc2[c-]c3c(cc2)c2ccccc2n3-c2ccccn2)cccc1-n1cc2c(n1)B(c1ccccc1)c1cccnc1-2. The number of hydrogen-bond acceptors (Lipinski definition) is 4. The molecule has 8 heteroatoms. The van der Waals surface area contributed by atoms with Crippen molar-refractivity contribution in [3.63, 3.8) is 0 Å². The van der Waals surface area contributed by atoms with Gasteiger partial charge in [-0.05, 0) is 40.8 Å². The van der Waals surface area contributed by atoms with Crippen molar-refractivity contribution < 1.29 is 25.8 Å². The van der Waals surface area contributed by atoms with Crippen LogP contribution in [0.2, 0.25) is 0 Å². The van der Waals surface area contributed by atoms with Gasteiger partial charge in [0.05, 0.1) is 5.69 Å². The number of ether oxygens (including phenoxy) is 1. The third-order valence-electron chi connectivity index (χ3n) is 8.21. The van der Waals surface area contributed by atoms with Crippen molar-refractivity contribution in [2.45, 2.75) is 0 Å². The Balaban J connectivity index is 0.00000300. The van der Waals surface area contributed by atoms with Crippen LogP contribution in [-0.4, -0.2) is 31.0 Å². The van der Waals surface area contributed by atoms with Gasteiger partial charge in [0, 0.05) is 46.8 Å². The average Bonchev–Trinajstić information content (AvgIpc) is 3.74. The molecule has 0 saturated carbocycles. The summed E-state index contributed by atoms with van der Waals surface area (Å²) < 4.78 is 10.4. The van der Waals surface area contributed by atoms with Crippen molar-refractivity contribution in [2.24, 2.45) is 0 Å². The Morgan fingerprint density at radius 3 is 2.38 bits per heavy atom. The van der Waals surface area contributed by atoms with Crippen molar-refractivity contribution in [1.82, 2.24) is 24.3 Å². The molecule has 1 aliphatic rings. The number of nitrogens with zero attached hydrogens (tertiary/aromatic N) is 5. The van der Waals surface area contributed by atoms with E-state index < -0.39 is 0 Å². The fourth-order valence-electron chi connectivity index (χ4n) is 6.32. The molecule has 0 aliphatic carbocycles. The Morgan fingerprint density at radius 2 is 1.49 bits per heavy atom. The first-order chi connectivity index (χ1) is 21.8. The summed E-state index contributed by atoms with van der Waals surface area (Å²) in [6.07, 6.45) is 5.69. The second-order valence-electron chi connectivity index (χ2n) is 10.8.